The molecular weight excluding hydrogens is 354 g/mol. The second-order valence-corrected chi connectivity index (χ2v) is 5.95. The first-order valence-corrected chi connectivity index (χ1v) is 8.12. The van der Waals surface area contributed by atoms with E-state index in [0.717, 1.165) is 5.56 Å². The van der Waals surface area contributed by atoms with Gasteiger partial charge in [-0.15, -0.1) is 0 Å². The molecule has 1 heterocycles. The van der Waals surface area contributed by atoms with Gasteiger partial charge in [-0.2, -0.15) is 0 Å². The van der Waals surface area contributed by atoms with E-state index in [4.69, 9.17) is 4.74 Å². The Kier molecular flexibility index (Phi) is 5.94. The van der Waals surface area contributed by atoms with E-state index in [1.54, 1.807) is 0 Å². The molecule has 5 atom stereocenters. The van der Waals surface area contributed by atoms with Crippen molar-refractivity contribution in [3.63, 3.8) is 0 Å². The summed E-state index contributed by atoms with van der Waals surface area (Å²) >= 11 is 3.13. The van der Waals surface area contributed by atoms with Crippen LogP contribution in [0, 0.1) is 0 Å². The summed E-state index contributed by atoms with van der Waals surface area (Å²) in [5.41, 5.74) is 0.828. The van der Waals surface area contributed by atoms with Gasteiger partial charge in [-0.1, -0.05) is 46.3 Å². The molecule has 6 nitrogen and oxygen atoms in total. The van der Waals surface area contributed by atoms with Crippen molar-refractivity contribution in [2.75, 3.05) is 5.33 Å². The van der Waals surface area contributed by atoms with E-state index in [9.17, 15) is 20.1 Å². The van der Waals surface area contributed by atoms with Crippen molar-refractivity contribution in [2.24, 2.45) is 0 Å². The van der Waals surface area contributed by atoms with Crippen molar-refractivity contribution in [2.45, 2.75) is 44.1 Å². The average molecular weight is 373 g/mol. The van der Waals surface area contributed by atoms with E-state index in [1.165, 1.54) is 11.8 Å². The summed E-state index contributed by atoms with van der Waals surface area (Å²) in [6, 6.07) is 8.01. The third-order valence-corrected chi connectivity index (χ3v) is 4.42. The van der Waals surface area contributed by atoms with Gasteiger partial charge in [0.15, 0.2) is 0 Å². The molecule has 2 rings (SSSR count). The minimum atomic E-state index is -1.62. The van der Waals surface area contributed by atoms with E-state index in [-0.39, 0.29) is 17.8 Å². The number of alkyl halides is 1. The van der Waals surface area contributed by atoms with Crippen LogP contribution >= 0.6 is 15.9 Å². The molecular formula is C15H19BrNO5-. The molecule has 1 aliphatic heterocycles. The highest BCUT2D eigenvalue weighted by Gasteiger charge is 2.43. The molecule has 1 fully saturated rings. The number of carbonyl (C=O) groups excluding carboxylic acids is 1. The number of nitrogens with zero attached hydrogens (tertiary/aromatic N) is 1. The molecule has 0 unspecified atom stereocenters. The third-order valence-electron chi connectivity index (χ3n) is 3.78. The van der Waals surface area contributed by atoms with Crippen LogP contribution in [0.15, 0.2) is 30.3 Å². The summed E-state index contributed by atoms with van der Waals surface area (Å²) in [7, 11) is 0. The minimum Gasteiger partial charge on any atom is -0.829 e. The Morgan fingerprint density at radius 2 is 1.95 bits per heavy atom. The van der Waals surface area contributed by atoms with Gasteiger partial charge in [-0.25, -0.2) is 0 Å². The maximum atomic E-state index is 12.2. The maximum absolute atomic E-state index is 12.2. The monoisotopic (exact) mass is 372 g/mol. The standard InChI is InChI=1S/C15H19BrNO5/c1-9(18)17(8-10-5-3-2-4-6-10)12-14(20)13(19)11(7-16)22-15(12)21/h2-6,11-15,19-20H,7-8H2,1H3/q-1/t11-,12-,13-,14-,15+/m1/s1. The molecule has 0 bridgehead atoms. The van der Waals surface area contributed by atoms with Crippen LogP contribution in [-0.2, 0) is 16.1 Å². The highest BCUT2D eigenvalue weighted by Crippen LogP contribution is 2.25. The molecule has 22 heavy (non-hydrogen) atoms. The Hall–Kier alpha value is -0.990. The van der Waals surface area contributed by atoms with Crippen LogP contribution in [0.1, 0.15) is 12.5 Å². The normalized spacial score (nSPS) is 31.8. The predicted octanol–water partition coefficient (Wildman–Crippen LogP) is -0.394. The number of halogens is 1. The minimum absolute atomic E-state index is 0.172. The Labute approximate surface area is 137 Å². The van der Waals surface area contributed by atoms with Crippen molar-refractivity contribution in [1.29, 1.82) is 0 Å². The van der Waals surface area contributed by atoms with Gasteiger partial charge in [0.25, 0.3) is 0 Å². The van der Waals surface area contributed by atoms with E-state index in [0.29, 0.717) is 0 Å². The first kappa shape index (κ1) is 17.4. The third kappa shape index (κ3) is 3.67. The van der Waals surface area contributed by atoms with E-state index >= 15 is 0 Å². The zero-order chi connectivity index (χ0) is 16.3. The molecule has 2 N–H and O–H groups in total. The van der Waals surface area contributed by atoms with Crippen LogP contribution in [0.5, 0.6) is 0 Å². The second-order valence-electron chi connectivity index (χ2n) is 5.30. The van der Waals surface area contributed by atoms with Crippen molar-refractivity contribution in [1.82, 2.24) is 4.90 Å². The summed E-state index contributed by atoms with van der Waals surface area (Å²) in [5.74, 6) is -0.359. The lowest BCUT2D eigenvalue weighted by atomic mass is 9.95. The molecule has 0 aliphatic carbocycles. The molecule has 0 radical (unpaired) electrons. The van der Waals surface area contributed by atoms with Gasteiger partial charge in [-0.05, 0) is 5.56 Å². The van der Waals surface area contributed by atoms with Crippen LogP contribution in [0.4, 0.5) is 0 Å². The first-order chi connectivity index (χ1) is 10.5. The summed E-state index contributed by atoms with van der Waals surface area (Å²) in [5, 5.41) is 32.8. The summed E-state index contributed by atoms with van der Waals surface area (Å²) in [4.78, 5) is 13.2. The molecule has 122 valence electrons. The van der Waals surface area contributed by atoms with Gasteiger partial charge in [0.05, 0.1) is 12.1 Å². The fourth-order valence-electron chi connectivity index (χ4n) is 2.58. The van der Waals surface area contributed by atoms with Crippen molar-refractivity contribution < 1.29 is 24.9 Å². The lowest BCUT2D eigenvalue weighted by Crippen LogP contribution is -2.67. The number of aliphatic hydroxyl groups is 2. The number of amides is 1. The molecule has 1 saturated heterocycles. The molecule has 0 spiro atoms. The van der Waals surface area contributed by atoms with Crippen molar-refractivity contribution >= 4 is 21.8 Å². The van der Waals surface area contributed by atoms with Crippen molar-refractivity contribution in [3.05, 3.63) is 35.9 Å². The number of aliphatic hydroxyl groups excluding tert-OH is 2. The smallest absolute Gasteiger partial charge is 0.220 e. The Bertz CT molecular complexity index is 500. The number of hydrogen-bond acceptors (Lipinski definition) is 5. The van der Waals surface area contributed by atoms with Crippen LogP contribution < -0.4 is 5.11 Å². The van der Waals surface area contributed by atoms with Crippen molar-refractivity contribution in [3.8, 4) is 0 Å². The van der Waals surface area contributed by atoms with Gasteiger partial charge < -0.3 is 25.0 Å². The Morgan fingerprint density at radius 1 is 1.32 bits per heavy atom. The summed E-state index contributed by atoms with van der Waals surface area (Å²) in [6.07, 6.45) is -4.99. The van der Waals surface area contributed by atoms with Crippen LogP contribution in [0.25, 0.3) is 0 Å². The van der Waals surface area contributed by atoms with Gasteiger partial charge in [0.2, 0.25) is 5.91 Å². The SMILES string of the molecule is CC(=O)N(Cc1ccccc1)[C@@H]1[C@@H](O)[C@H](O)[C@@H](CBr)O[C@@H]1[O-]. The molecule has 1 aromatic carbocycles. The number of ether oxygens (including phenoxy) is 1. The molecule has 1 aliphatic rings. The molecule has 1 amide bonds. The quantitative estimate of drug-likeness (QED) is 0.701. The van der Waals surface area contributed by atoms with E-state index in [1.807, 2.05) is 30.3 Å². The number of rotatable bonds is 4. The second kappa shape index (κ2) is 7.52. The molecule has 0 aromatic heterocycles. The largest absolute Gasteiger partial charge is 0.829 e. The number of benzene rings is 1. The highest BCUT2D eigenvalue weighted by molar-refractivity contribution is 9.09. The van der Waals surface area contributed by atoms with Crippen LogP contribution in [-0.4, -0.2) is 57.0 Å². The van der Waals surface area contributed by atoms with Gasteiger partial charge in [0, 0.05) is 25.1 Å². The topological polar surface area (TPSA) is 93.1 Å². The van der Waals surface area contributed by atoms with Gasteiger partial charge in [-0.3, -0.25) is 4.79 Å². The number of carbonyl (C=O) groups is 1. The average Bonchev–Trinajstić information content (AvgIpc) is 2.50. The van der Waals surface area contributed by atoms with Crippen LogP contribution in [0.3, 0.4) is 0 Å². The zero-order valence-corrected chi connectivity index (χ0v) is 13.7. The lowest BCUT2D eigenvalue weighted by Gasteiger charge is -2.50. The predicted molar refractivity (Wildman–Crippen MR) is 80.9 cm³/mol. The number of hydrogen-bond donors (Lipinski definition) is 2. The van der Waals surface area contributed by atoms with E-state index < -0.39 is 30.6 Å². The highest BCUT2D eigenvalue weighted by atomic mass is 79.9. The lowest BCUT2D eigenvalue weighted by molar-refractivity contribution is -0.523. The Balaban J connectivity index is 2.22. The van der Waals surface area contributed by atoms with Gasteiger partial charge >= 0.3 is 0 Å². The fraction of sp³-hybridized carbons (Fsp3) is 0.533. The first-order valence-electron chi connectivity index (χ1n) is 7.00. The van der Waals surface area contributed by atoms with Crippen LogP contribution in [0.2, 0.25) is 0 Å². The molecule has 7 heteroatoms. The molecule has 0 saturated carbocycles. The molecule has 1 aromatic rings. The van der Waals surface area contributed by atoms with E-state index in [2.05, 4.69) is 15.9 Å². The maximum Gasteiger partial charge on any atom is 0.220 e. The fourth-order valence-corrected chi connectivity index (χ4v) is 3.12. The Morgan fingerprint density at radius 3 is 2.50 bits per heavy atom. The summed E-state index contributed by atoms with van der Waals surface area (Å²) in [6.45, 7) is 1.50. The summed E-state index contributed by atoms with van der Waals surface area (Å²) < 4.78 is 5.19. The zero-order valence-electron chi connectivity index (χ0n) is 12.1. The van der Waals surface area contributed by atoms with Gasteiger partial charge in [0.1, 0.15) is 12.2 Å².